The summed E-state index contributed by atoms with van der Waals surface area (Å²) >= 11 is 1.55. The number of ether oxygens (including phenoxy) is 1. The van der Waals surface area contributed by atoms with Gasteiger partial charge in [-0.2, -0.15) is 0 Å². The molecule has 6 heteroatoms. The van der Waals surface area contributed by atoms with E-state index in [9.17, 15) is 4.79 Å². The van der Waals surface area contributed by atoms with Crippen molar-refractivity contribution < 1.29 is 9.53 Å². The summed E-state index contributed by atoms with van der Waals surface area (Å²) in [6.45, 7) is 10.3. The van der Waals surface area contributed by atoms with Crippen molar-refractivity contribution in [1.82, 2.24) is 4.98 Å². The lowest BCUT2D eigenvalue weighted by Crippen LogP contribution is -2.45. The number of amides is 1. The van der Waals surface area contributed by atoms with Gasteiger partial charge in [0.2, 0.25) is 0 Å². The molecule has 140 valence electrons. The Morgan fingerprint density at radius 2 is 1.92 bits per heavy atom. The second-order valence-electron chi connectivity index (χ2n) is 7.39. The summed E-state index contributed by atoms with van der Waals surface area (Å²) in [5.41, 5.74) is 2.43. The number of hydrogen-bond donors (Lipinski definition) is 1. The number of benzene rings is 1. The van der Waals surface area contributed by atoms with Crippen LogP contribution in [-0.4, -0.2) is 36.2 Å². The number of nitrogens with one attached hydrogen (secondary N) is 1. The average Bonchev–Trinajstić information content (AvgIpc) is 3.02. The number of rotatable bonds is 5. The summed E-state index contributed by atoms with van der Waals surface area (Å²) in [6.07, 6.45) is 1.36. The van der Waals surface area contributed by atoms with Crippen LogP contribution in [0, 0.1) is 5.92 Å². The summed E-state index contributed by atoms with van der Waals surface area (Å²) in [5.74, 6) is 0.382. The second kappa shape index (κ2) is 8.18. The molecule has 1 aromatic carbocycles. The molecule has 1 N–H and O–H groups in total. The molecule has 0 spiro atoms. The fraction of sp³-hybridized carbons (Fsp3) is 0.500. The molecule has 2 heterocycles. The zero-order valence-electron chi connectivity index (χ0n) is 15.9. The standard InChI is InChI=1S/C20H27N3O2S/c1-13(2)9-19-22-18(12-26-19)20(24)21-16-5-7-17(8-6-16)23-10-14(3)25-15(4)11-23/h5-8,12-15H,9-11H2,1-4H3,(H,21,24)/t14-,15-/m1/s1. The number of carbonyl (C=O) groups excluding carboxylic acids is 1. The maximum Gasteiger partial charge on any atom is 0.275 e. The number of aromatic nitrogens is 1. The zero-order chi connectivity index (χ0) is 18.7. The van der Waals surface area contributed by atoms with E-state index in [0.29, 0.717) is 11.6 Å². The van der Waals surface area contributed by atoms with Gasteiger partial charge in [0.25, 0.3) is 5.91 Å². The average molecular weight is 374 g/mol. The zero-order valence-corrected chi connectivity index (χ0v) is 16.7. The molecule has 1 aliphatic heterocycles. The van der Waals surface area contributed by atoms with Crippen molar-refractivity contribution in [2.45, 2.75) is 46.3 Å². The molecule has 1 amide bonds. The summed E-state index contributed by atoms with van der Waals surface area (Å²) in [4.78, 5) is 19.2. The minimum atomic E-state index is -0.155. The van der Waals surface area contributed by atoms with Crippen molar-refractivity contribution in [3.8, 4) is 0 Å². The molecule has 5 nitrogen and oxygen atoms in total. The SMILES string of the molecule is CC(C)Cc1nc(C(=O)Nc2ccc(N3C[C@@H](C)O[C@H](C)C3)cc2)cs1. The first-order chi connectivity index (χ1) is 12.4. The van der Waals surface area contributed by atoms with Gasteiger partial charge >= 0.3 is 0 Å². The van der Waals surface area contributed by atoms with Gasteiger partial charge in [0.15, 0.2) is 0 Å². The number of anilines is 2. The van der Waals surface area contributed by atoms with Gasteiger partial charge in [0.1, 0.15) is 5.69 Å². The molecule has 3 rings (SSSR count). The Balaban J connectivity index is 1.62. The largest absolute Gasteiger partial charge is 0.372 e. The number of carbonyl (C=O) groups is 1. The van der Waals surface area contributed by atoms with Crippen molar-refractivity contribution in [2.75, 3.05) is 23.3 Å². The predicted molar refractivity (Wildman–Crippen MR) is 107 cm³/mol. The van der Waals surface area contributed by atoms with Gasteiger partial charge in [0, 0.05) is 36.3 Å². The predicted octanol–water partition coefficient (Wildman–Crippen LogP) is 4.21. The van der Waals surface area contributed by atoms with Crippen molar-refractivity contribution in [3.63, 3.8) is 0 Å². The maximum atomic E-state index is 12.4. The van der Waals surface area contributed by atoms with Crippen LogP contribution in [-0.2, 0) is 11.2 Å². The third-order valence-corrected chi connectivity index (χ3v) is 5.15. The Morgan fingerprint density at radius 3 is 2.54 bits per heavy atom. The molecule has 1 aliphatic rings. The highest BCUT2D eigenvalue weighted by atomic mass is 32.1. The van der Waals surface area contributed by atoms with Gasteiger partial charge in [-0.3, -0.25) is 4.79 Å². The first kappa shape index (κ1) is 18.9. The van der Waals surface area contributed by atoms with Gasteiger partial charge in [-0.1, -0.05) is 13.8 Å². The lowest BCUT2D eigenvalue weighted by atomic mass is 10.1. The highest BCUT2D eigenvalue weighted by Gasteiger charge is 2.22. The van der Waals surface area contributed by atoms with Crippen LogP contribution < -0.4 is 10.2 Å². The van der Waals surface area contributed by atoms with Crippen LogP contribution in [0.2, 0.25) is 0 Å². The van der Waals surface area contributed by atoms with E-state index in [1.165, 1.54) is 0 Å². The highest BCUT2D eigenvalue weighted by Crippen LogP contribution is 2.23. The molecule has 0 aliphatic carbocycles. The van der Waals surface area contributed by atoms with Crippen molar-refractivity contribution in [2.24, 2.45) is 5.92 Å². The lowest BCUT2D eigenvalue weighted by molar-refractivity contribution is -0.00521. The molecule has 26 heavy (non-hydrogen) atoms. The molecule has 1 saturated heterocycles. The molecule has 0 saturated carbocycles. The normalized spacial score (nSPS) is 20.4. The van der Waals surface area contributed by atoms with E-state index in [4.69, 9.17) is 4.74 Å². The van der Waals surface area contributed by atoms with Gasteiger partial charge in [0.05, 0.1) is 17.2 Å². The fourth-order valence-corrected chi connectivity index (χ4v) is 4.19. The van der Waals surface area contributed by atoms with E-state index < -0.39 is 0 Å². The lowest BCUT2D eigenvalue weighted by Gasteiger charge is -2.36. The number of thiazole rings is 1. The van der Waals surface area contributed by atoms with Crippen molar-refractivity contribution in [1.29, 1.82) is 0 Å². The molecule has 2 aromatic rings. The third kappa shape index (κ3) is 4.83. The Labute approximate surface area is 159 Å². The van der Waals surface area contributed by atoms with E-state index in [1.807, 2.05) is 29.6 Å². The van der Waals surface area contributed by atoms with E-state index in [2.05, 4.69) is 42.9 Å². The first-order valence-electron chi connectivity index (χ1n) is 9.17. The monoisotopic (exact) mass is 373 g/mol. The van der Waals surface area contributed by atoms with Gasteiger partial charge in [-0.05, 0) is 44.0 Å². The highest BCUT2D eigenvalue weighted by molar-refractivity contribution is 7.09. The van der Waals surface area contributed by atoms with Gasteiger partial charge in [-0.25, -0.2) is 4.98 Å². The third-order valence-electron chi connectivity index (χ3n) is 4.28. The second-order valence-corrected chi connectivity index (χ2v) is 8.33. The Hall–Kier alpha value is -1.92. The number of hydrogen-bond acceptors (Lipinski definition) is 5. The summed E-state index contributed by atoms with van der Waals surface area (Å²) < 4.78 is 5.78. The van der Waals surface area contributed by atoms with Crippen LogP contribution in [0.15, 0.2) is 29.6 Å². The van der Waals surface area contributed by atoms with E-state index in [-0.39, 0.29) is 18.1 Å². The van der Waals surface area contributed by atoms with Crippen molar-refractivity contribution >= 4 is 28.6 Å². The van der Waals surface area contributed by atoms with Crippen LogP contribution in [0.4, 0.5) is 11.4 Å². The molecule has 1 fully saturated rings. The molecule has 1 aromatic heterocycles. The topological polar surface area (TPSA) is 54.5 Å². The maximum absolute atomic E-state index is 12.4. The number of nitrogens with zero attached hydrogens (tertiary/aromatic N) is 2. The first-order valence-corrected chi connectivity index (χ1v) is 10.0. The molecule has 0 unspecified atom stereocenters. The Bertz CT molecular complexity index is 732. The molecular formula is C20H27N3O2S. The Kier molecular flexibility index (Phi) is 5.94. The summed E-state index contributed by atoms with van der Waals surface area (Å²) in [5, 5.41) is 5.78. The Morgan fingerprint density at radius 1 is 1.27 bits per heavy atom. The molecule has 0 radical (unpaired) electrons. The van der Waals surface area contributed by atoms with Crippen LogP contribution >= 0.6 is 11.3 Å². The molecule has 2 atom stereocenters. The minimum absolute atomic E-state index is 0.155. The molecule has 0 bridgehead atoms. The van der Waals surface area contributed by atoms with Crippen LogP contribution in [0.3, 0.4) is 0 Å². The quantitative estimate of drug-likeness (QED) is 0.853. The van der Waals surface area contributed by atoms with E-state index in [0.717, 1.165) is 35.9 Å². The van der Waals surface area contributed by atoms with E-state index in [1.54, 1.807) is 11.3 Å². The summed E-state index contributed by atoms with van der Waals surface area (Å²) in [7, 11) is 0. The summed E-state index contributed by atoms with van der Waals surface area (Å²) in [6, 6.07) is 7.98. The van der Waals surface area contributed by atoms with Gasteiger partial charge < -0.3 is 15.0 Å². The smallest absolute Gasteiger partial charge is 0.275 e. The minimum Gasteiger partial charge on any atom is -0.372 e. The number of morpholine rings is 1. The molecular weight excluding hydrogens is 346 g/mol. The van der Waals surface area contributed by atoms with Crippen LogP contribution in [0.5, 0.6) is 0 Å². The van der Waals surface area contributed by atoms with Gasteiger partial charge in [-0.15, -0.1) is 11.3 Å². The van der Waals surface area contributed by atoms with Crippen LogP contribution in [0.1, 0.15) is 43.2 Å². The van der Waals surface area contributed by atoms with Crippen molar-refractivity contribution in [3.05, 3.63) is 40.3 Å². The fourth-order valence-electron chi connectivity index (χ4n) is 3.20. The van der Waals surface area contributed by atoms with E-state index >= 15 is 0 Å². The van der Waals surface area contributed by atoms with Crippen LogP contribution in [0.25, 0.3) is 0 Å².